The van der Waals surface area contributed by atoms with Crippen LogP contribution >= 0.6 is 0 Å². The number of rotatable bonds is 4. The Hall–Kier alpha value is -0.670. The highest BCUT2D eigenvalue weighted by Crippen LogP contribution is 2.64. The van der Waals surface area contributed by atoms with Gasteiger partial charge in [0.15, 0.2) is 5.78 Å². The molecule has 26 heavy (non-hydrogen) atoms. The third-order valence-corrected chi connectivity index (χ3v) is 9.06. The lowest BCUT2D eigenvalue weighted by atomic mass is 9.49. The van der Waals surface area contributed by atoms with E-state index in [-0.39, 0.29) is 17.1 Å². The van der Waals surface area contributed by atoms with Gasteiger partial charge >= 0.3 is 0 Å². The molecule has 4 saturated carbocycles. The van der Waals surface area contributed by atoms with Crippen LogP contribution < -0.4 is 0 Å². The van der Waals surface area contributed by atoms with Crippen LogP contribution in [0.5, 0.6) is 0 Å². The Bertz CT molecular complexity index is 572. The normalized spacial score (nSPS) is 50.4. The quantitative estimate of drug-likeness (QED) is 0.757. The average Bonchev–Trinajstić information content (AvgIpc) is 2.98. The van der Waals surface area contributed by atoms with Crippen molar-refractivity contribution in [3.63, 3.8) is 0 Å². The number of aliphatic hydroxyl groups is 1. The molecule has 3 nitrogen and oxygen atoms in total. The molecule has 0 aromatic heterocycles. The lowest BCUT2D eigenvalue weighted by molar-refractivity contribution is -0.133. The van der Waals surface area contributed by atoms with Crippen LogP contribution in [0, 0.1) is 40.9 Å². The molecule has 4 rings (SSSR count). The number of fused-ring (bicyclic) bond motifs is 5. The van der Waals surface area contributed by atoms with Crippen LogP contribution in [-0.4, -0.2) is 30.2 Å². The largest absolute Gasteiger partial charge is 0.387 e. The summed E-state index contributed by atoms with van der Waals surface area (Å²) in [6.45, 7) is 6.64. The van der Waals surface area contributed by atoms with Gasteiger partial charge in [0.2, 0.25) is 0 Å². The summed E-state index contributed by atoms with van der Waals surface area (Å²) in [7, 11) is 1.70. The standard InChI is InChI=1S/C23H36O3/c1-4-21(24)20-8-7-19-18-6-5-15-13-23(25,14-26-3)12-10-16(15)17(18)9-11-22(19,20)2/h4,15-20,25H,1,5-14H2,2-3H3/t15-,16-,17+,18+,19-,20+,22-,23+/m0/s1. The smallest absolute Gasteiger partial charge is 0.158 e. The van der Waals surface area contributed by atoms with Gasteiger partial charge in [-0.2, -0.15) is 0 Å². The molecule has 0 bridgehead atoms. The first-order chi connectivity index (χ1) is 12.4. The number of allylic oxidation sites excluding steroid dienone is 1. The molecular formula is C23H36O3. The van der Waals surface area contributed by atoms with Crippen LogP contribution in [0.4, 0.5) is 0 Å². The van der Waals surface area contributed by atoms with Crippen LogP contribution in [0.3, 0.4) is 0 Å². The van der Waals surface area contributed by atoms with Crippen LogP contribution in [0.25, 0.3) is 0 Å². The monoisotopic (exact) mass is 360 g/mol. The summed E-state index contributed by atoms with van der Waals surface area (Å²) in [5.41, 5.74) is -0.397. The summed E-state index contributed by atoms with van der Waals surface area (Å²) < 4.78 is 5.30. The molecular weight excluding hydrogens is 324 g/mol. The summed E-state index contributed by atoms with van der Waals surface area (Å²) >= 11 is 0. The number of carbonyl (C=O) groups excluding carboxylic acids is 1. The van der Waals surface area contributed by atoms with Gasteiger partial charge in [-0.1, -0.05) is 13.5 Å². The summed E-state index contributed by atoms with van der Waals surface area (Å²) in [4.78, 5) is 12.4. The molecule has 0 spiro atoms. The van der Waals surface area contributed by atoms with Crippen molar-refractivity contribution in [1.29, 1.82) is 0 Å². The highest BCUT2D eigenvalue weighted by atomic mass is 16.5. The van der Waals surface area contributed by atoms with Crippen molar-refractivity contribution in [2.45, 2.75) is 70.3 Å². The lowest BCUT2D eigenvalue weighted by Gasteiger charge is -2.57. The molecule has 0 radical (unpaired) electrons. The Labute approximate surface area is 158 Å². The minimum Gasteiger partial charge on any atom is -0.387 e. The minimum absolute atomic E-state index is 0.199. The first kappa shape index (κ1) is 18.7. The summed E-state index contributed by atoms with van der Waals surface area (Å²) in [5.74, 6) is 4.27. The molecule has 0 aliphatic heterocycles. The fourth-order valence-corrected chi connectivity index (χ4v) is 7.97. The van der Waals surface area contributed by atoms with Crippen molar-refractivity contribution >= 4 is 5.78 Å². The predicted octanol–water partition coefficient (Wildman–Crippen LogP) is 4.39. The molecule has 3 heteroatoms. The van der Waals surface area contributed by atoms with Crippen LogP contribution in [0.15, 0.2) is 12.7 Å². The van der Waals surface area contributed by atoms with E-state index in [2.05, 4.69) is 13.5 Å². The van der Waals surface area contributed by atoms with Gasteiger partial charge in [-0.25, -0.2) is 0 Å². The van der Waals surface area contributed by atoms with E-state index in [0.717, 1.165) is 49.4 Å². The van der Waals surface area contributed by atoms with Gasteiger partial charge in [0.25, 0.3) is 0 Å². The molecule has 1 N–H and O–H groups in total. The molecule has 0 aromatic rings. The number of hydrogen-bond donors (Lipinski definition) is 1. The third-order valence-electron chi connectivity index (χ3n) is 9.06. The lowest BCUT2D eigenvalue weighted by Crippen LogP contribution is -2.52. The summed E-state index contributed by atoms with van der Waals surface area (Å²) in [5, 5.41) is 10.8. The molecule has 0 amide bonds. The van der Waals surface area contributed by atoms with Gasteiger partial charge in [0.1, 0.15) is 0 Å². The molecule has 4 fully saturated rings. The highest BCUT2D eigenvalue weighted by Gasteiger charge is 2.58. The van der Waals surface area contributed by atoms with Gasteiger partial charge < -0.3 is 9.84 Å². The van der Waals surface area contributed by atoms with Gasteiger partial charge in [0, 0.05) is 13.0 Å². The van der Waals surface area contributed by atoms with E-state index < -0.39 is 5.60 Å². The predicted molar refractivity (Wildman–Crippen MR) is 103 cm³/mol. The van der Waals surface area contributed by atoms with Crippen LogP contribution in [0.1, 0.15) is 64.7 Å². The topological polar surface area (TPSA) is 46.5 Å². The van der Waals surface area contributed by atoms with E-state index in [0.29, 0.717) is 12.5 Å². The number of carbonyl (C=O) groups is 1. The van der Waals surface area contributed by atoms with Gasteiger partial charge in [-0.15, -0.1) is 0 Å². The average molecular weight is 361 g/mol. The first-order valence-electron chi connectivity index (χ1n) is 10.8. The fraction of sp³-hybridized carbons (Fsp3) is 0.870. The number of ketones is 1. The maximum absolute atomic E-state index is 12.4. The molecule has 0 aromatic carbocycles. The summed E-state index contributed by atoms with van der Waals surface area (Å²) in [6.07, 6.45) is 11.9. The van der Waals surface area contributed by atoms with Crippen molar-refractivity contribution < 1.29 is 14.6 Å². The van der Waals surface area contributed by atoms with Crippen molar-refractivity contribution in [2.24, 2.45) is 40.9 Å². The van der Waals surface area contributed by atoms with Crippen molar-refractivity contribution in [2.75, 3.05) is 13.7 Å². The Morgan fingerprint density at radius 1 is 1.12 bits per heavy atom. The van der Waals surface area contributed by atoms with Gasteiger partial charge in [0.05, 0.1) is 12.2 Å². The van der Waals surface area contributed by atoms with E-state index in [1.807, 2.05) is 0 Å². The highest BCUT2D eigenvalue weighted by molar-refractivity contribution is 5.92. The van der Waals surface area contributed by atoms with E-state index in [4.69, 9.17) is 4.74 Å². The molecule has 4 aliphatic rings. The summed E-state index contributed by atoms with van der Waals surface area (Å²) in [6, 6.07) is 0. The van der Waals surface area contributed by atoms with E-state index in [1.54, 1.807) is 13.2 Å². The maximum atomic E-state index is 12.4. The fourth-order valence-electron chi connectivity index (χ4n) is 7.97. The third kappa shape index (κ3) is 2.81. The number of hydrogen-bond acceptors (Lipinski definition) is 3. The second kappa shape index (κ2) is 6.74. The maximum Gasteiger partial charge on any atom is 0.158 e. The molecule has 0 heterocycles. The first-order valence-corrected chi connectivity index (χ1v) is 10.8. The Kier molecular flexibility index (Phi) is 4.84. The molecule has 4 aliphatic carbocycles. The SMILES string of the molecule is C=CC(=O)[C@H]1CC[C@H]2[C@@H]3CC[C@H]4C[C@@](O)(COC)CC[C@@H]4[C@H]3CC[C@]12C. The van der Waals surface area contributed by atoms with E-state index >= 15 is 0 Å². The zero-order valence-electron chi connectivity index (χ0n) is 16.6. The minimum atomic E-state index is -0.596. The Morgan fingerprint density at radius 3 is 2.62 bits per heavy atom. The van der Waals surface area contributed by atoms with Crippen LogP contribution in [-0.2, 0) is 9.53 Å². The number of ether oxygens (including phenoxy) is 1. The van der Waals surface area contributed by atoms with Gasteiger partial charge in [-0.05, 0) is 98.9 Å². The Balaban J connectivity index is 1.51. The zero-order chi connectivity index (χ0) is 18.5. The van der Waals surface area contributed by atoms with Crippen LogP contribution in [0.2, 0.25) is 0 Å². The molecule has 8 atom stereocenters. The zero-order valence-corrected chi connectivity index (χ0v) is 16.6. The second-order valence-electron chi connectivity index (χ2n) is 10.1. The van der Waals surface area contributed by atoms with Crippen molar-refractivity contribution in [1.82, 2.24) is 0 Å². The van der Waals surface area contributed by atoms with E-state index in [1.165, 1.54) is 32.1 Å². The second-order valence-corrected chi connectivity index (χ2v) is 10.1. The van der Waals surface area contributed by atoms with Gasteiger partial charge in [-0.3, -0.25) is 4.79 Å². The van der Waals surface area contributed by atoms with Crippen molar-refractivity contribution in [3.8, 4) is 0 Å². The molecule has 0 saturated heterocycles. The number of methoxy groups -OCH3 is 1. The molecule has 146 valence electrons. The Morgan fingerprint density at radius 2 is 1.88 bits per heavy atom. The van der Waals surface area contributed by atoms with E-state index in [9.17, 15) is 9.90 Å². The molecule has 0 unspecified atom stereocenters. The van der Waals surface area contributed by atoms with Crippen molar-refractivity contribution in [3.05, 3.63) is 12.7 Å².